The molecule has 0 radical (unpaired) electrons. The Bertz CT molecular complexity index is 370. The monoisotopic (exact) mass is 231 g/mol. The van der Waals surface area contributed by atoms with Crippen LogP contribution in [0.1, 0.15) is 22.8 Å². The summed E-state index contributed by atoms with van der Waals surface area (Å²) < 4.78 is 36.7. The molecule has 1 rings (SSSR count). The molecule has 2 N–H and O–H groups in total. The maximum absolute atomic E-state index is 12.2. The molecule has 0 aliphatic rings. The quantitative estimate of drug-likeness (QED) is 0.812. The fraction of sp³-hybridized carbons (Fsp3) is 0.364. The van der Waals surface area contributed by atoms with Crippen LogP contribution in [0.5, 0.6) is 0 Å². The van der Waals surface area contributed by atoms with E-state index in [1.807, 2.05) is 0 Å². The third-order valence-electron chi connectivity index (χ3n) is 2.30. The second-order valence-electron chi connectivity index (χ2n) is 3.58. The summed E-state index contributed by atoms with van der Waals surface area (Å²) in [5, 5.41) is 0. The van der Waals surface area contributed by atoms with Gasteiger partial charge in [-0.05, 0) is 12.1 Å². The summed E-state index contributed by atoms with van der Waals surface area (Å²) >= 11 is 0. The van der Waals surface area contributed by atoms with Crippen LogP contribution in [-0.4, -0.2) is 12.3 Å². The highest BCUT2D eigenvalue weighted by Gasteiger charge is 2.30. The molecule has 5 heteroatoms. The van der Waals surface area contributed by atoms with E-state index in [9.17, 15) is 18.0 Å². The minimum Gasteiger partial charge on any atom is -0.330 e. The van der Waals surface area contributed by atoms with E-state index in [2.05, 4.69) is 0 Å². The predicted molar refractivity (Wildman–Crippen MR) is 54.0 cm³/mol. The summed E-state index contributed by atoms with van der Waals surface area (Å²) in [5.41, 5.74) is 4.80. The molecule has 0 saturated heterocycles. The van der Waals surface area contributed by atoms with E-state index in [1.165, 1.54) is 12.1 Å². The average molecular weight is 231 g/mol. The number of benzene rings is 1. The molecule has 0 fully saturated rings. The maximum atomic E-state index is 12.2. The van der Waals surface area contributed by atoms with Crippen LogP contribution in [0.15, 0.2) is 24.3 Å². The number of hydrogen-bond donors (Lipinski definition) is 1. The number of carbonyl (C=O) groups is 1. The van der Waals surface area contributed by atoms with Crippen LogP contribution in [0, 0.1) is 5.92 Å². The van der Waals surface area contributed by atoms with Crippen molar-refractivity contribution in [1.82, 2.24) is 0 Å². The van der Waals surface area contributed by atoms with Gasteiger partial charge in [-0.25, -0.2) is 0 Å². The Morgan fingerprint density at radius 2 is 1.81 bits per heavy atom. The molecule has 2 nitrogen and oxygen atoms in total. The van der Waals surface area contributed by atoms with Crippen molar-refractivity contribution >= 4 is 5.78 Å². The Balaban J connectivity index is 2.91. The molecule has 1 aromatic rings. The summed E-state index contributed by atoms with van der Waals surface area (Å²) in [6.07, 6.45) is -4.37. The first kappa shape index (κ1) is 12.7. The zero-order chi connectivity index (χ0) is 12.3. The highest BCUT2D eigenvalue weighted by Crippen LogP contribution is 2.29. The van der Waals surface area contributed by atoms with E-state index >= 15 is 0 Å². The van der Waals surface area contributed by atoms with Crippen molar-refractivity contribution in [1.29, 1.82) is 0 Å². The second-order valence-corrected chi connectivity index (χ2v) is 3.58. The number of halogens is 3. The van der Waals surface area contributed by atoms with Gasteiger partial charge in [0.1, 0.15) is 0 Å². The molecule has 0 saturated carbocycles. The minimum absolute atomic E-state index is 0.180. The predicted octanol–water partition coefficient (Wildman–Crippen LogP) is 2.48. The van der Waals surface area contributed by atoms with Gasteiger partial charge in [-0.3, -0.25) is 4.79 Å². The van der Waals surface area contributed by atoms with Crippen molar-refractivity contribution in [3.05, 3.63) is 35.4 Å². The number of hydrogen-bond acceptors (Lipinski definition) is 2. The fourth-order valence-corrected chi connectivity index (χ4v) is 1.22. The highest BCUT2D eigenvalue weighted by atomic mass is 19.4. The Morgan fingerprint density at radius 3 is 2.19 bits per heavy atom. The van der Waals surface area contributed by atoms with Gasteiger partial charge in [0.2, 0.25) is 0 Å². The van der Waals surface area contributed by atoms with Gasteiger partial charge in [0.05, 0.1) is 5.56 Å². The molecule has 1 atom stereocenters. The smallest absolute Gasteiger partial charge is 0.330 e. The topological polar surface area (TPSA) is 43.1 Å². The van der Waals surface area contributed by atoms with E-state index in [0.717, 1.165) is 12.1 Å². The summed E-state index contributed by atoms with van der Waals surface area (Å²) in [6, 6.07) is 4.15. The van der Waals surface area contributed by atoms with Crippen molar-refractivity contribution in [2.24, 2.45) is 11.7 Å². The number of Topliss-reactive ketones (excluding diaryl/α,β-unsaturated/α-hetero) is 1. The molecule has 88 valence electrons. The Kier molecular flexibility index (Phi) is 3.70. The third-order valence-corrected chi connectivity index (χ3v) is 2.30. The van der Waals surface area contributed by atoms with Gasteiger partial charge in [0.25, 0.3) is 0 Å². The van der Waals surface area contributed by atoms with Gasteiger partial charge in [-0.15, -0.1) is 0 Å². The van der Waals surface area contributed by atoms with Crippen LogP contribution >= 0.6 is 0 Å². The number of rotatable bonds is 3. The molecular weight excluding hydrogens is 219 g/mol. The number of carbonyl (C=O) groups excluding carboxylic acids is 1. The lowest BCUT2D eigenvalue weighted by Crippen LogP contribution is -2.20. The van der Waals surface area contributed by atoms with E-state index in [1.54, 1.807) is 6.92 Å². The van der Waals surface area contributed by atoms with Gasteiger partial charge < -0.3 is 5.73 Å². The maximum Gasteiger partial charge on any atom is 0.416 e. The number of nitrogens with two attached hydrogens (primary N) is 1. The van der Waals surface area contributed by atoms with Gasteiger partial charge in [-0.1, -0.05) is 19.1 Å². The highest BCUT2D eigenvalue weighted by molar-refractivity contribution is 5.97. The lowest BCUT2D eigenvalue weighted by Gasteiger charge is -2.09. The number of alkyl halides is 3. The lowest BCUT2D eigenvalue weighted by atomic mass is 9.98. The van der Waals surface area contributed by atoms with Crippen LogP contribution < -0.4 is 5.73 Å². The van der Waals surface area contributed by atoms with Gasteiger partial charge in [0.15, 0.2) is 5.78 Å². The lowest BCUT2D eigenvalue weighted by molar-refractivity contribution is -0.137. The molecule has 0 amide bonds. The van der Waals surface area contributed by atoms with E-state index < -0.39 is 11.7 Å². The standard InChI is InChI=1S/C11H12F3NO/c1-7(6-15)10(16)8-2-4-9(5-3-8)11(12,13)14/h2-5,7H,6,15H2,1H3. The average Bonchev–Trinajstić information content (AvgIpc) is 2.26. The van der Waals surface area contributed by atoms with Crippen molar-refractivity contribution in [2.45, 2.75) is 13.1 Å². The first-order valence-electron chi connectivity index (χ1n) is 4.77. The van der Waals surface area contributed by atoms with E-state index in [4.69, 9.17) is 5.73 Å². The van der Waals surface area contributed by atoms with Crippen molar-refractivity contribution in [2.75, 3.05) is 6.54 Å². The molecule has 0 aromatic heterocycles. The Labute approximate surface area is 91.3 Å². The third kappa shape index (κ3) is 2.82. The largest absolute Gasteiger partial charge is 0.416 e. The second kappa shape index (κ2) is 4.65. The summed E-state index contributed by atoms with van der Waals surface area (Å²) in [6.45, 7) is 1.82. The van der Waals surface area contributed by atoms with Crippen molar-refractivity contribution < 1.29 is 18.0 Å². The molecule has 0 heterocycles. The fourth-order valence-electron chi connectivity index (χ4n) is 1.22. The molecule has 0 aliphatic heterocycles. The van der Waals surface area contributed by atoms with Gasteiger partial charge in [-0.2, -0.15) is 13.2 Å². The molecule has 1 unspecified atom stereocenters. The first-order chi connectivity index (χ1) is 7.36. The molecule has 0 spiro atoms. The molecular formula is C11H12F3NO. The summed E-state index contributed by atoms with van der Waals surface area (Å²) in [7, 11) is 0. The van der Waals surface area contributed by atoms with Gasteiger partial charge in [0, 0.05) is 18.0 Å². The SMILES string of the molecule is CC(CN)C(=O)c1ccc(C(F)(F)F)cc1. The molecule has 16 heavy (non-hydrogen) atoms. The van der Waals surface area contributed by atoms with Crippen molar-refractivity contribution in [3.63, 3.8) is 0 Å². The van der Waals surface area contributed by atoms with Crippen LogP contribution in [0.3, 0.4) is 0 Å². The number of ketones is 1. The zero-order valence-corrected chi connectivity index (χ0v) is 8.71. The summed E-state index contributed by atoms with van der Waals surface area (Å²) in [4.78, 5) is 11.6. The van der Waals surface area contributed by atoms with Crippen LogP contribution in [-0.2, 0) is 6.18 Å². The van der Waals surface area contributed by atoms with Gasteiger partial charge >= 0.3 is 6.18 Å². The first-order valence-corrected chi connectivity index (χ1v) is 4.77. The van der Waals surface area contributed by atoms with E-state index in [-0.39, 0.29) is 23.8 Å². The summed E-state index contributed by atoms with van der Waals surface area (Å²) in [5.74, 6) is -0.618. The Morgan fingerprint density at radius 1 is 1.31 bits per heavy atom. The van der Waals surface area contributed by atoms with Crippen LogP contribution in [0.4, 0.5) is 13.2 Å². The molecule has 1 aromatic carbocycles. The van der Waals surface area contributed by atoms with Crippen LogP contribution in [0.2, 0.25) is 0 Å². The van der Waals surface area contributed by atoms with E-state index in [0.29, 0.717) is 0 Å². The molecule has 0 aliphatic carbocycles. The normalized spacial score (nSPS) is 13.6. The minimum atomic E-state index is -4.37. The van der Waals surface area contributed by atoms with Crippen LogP contribution in [0.25, 0.3) is 0 Å². The Hall–Kier alpha value is -1.36. The molecule has 0 bridgehead atoms. The van der Waals surface area contributed by atoms with Crippen molar-refractivity contribution in [3.8, 4) is 0 Å². The zero-order valence-electron chi connectivity index (χ0n) is 8.71.